The molecule has 0 spiro atoms. The van der Waals surface area contributed by atoms with Gasteiger partial charge in [-0.2, -0.15) is 0 Å². The van der Waals surface area contributed by atoms with Gasteiger partial charge in [-0.05, 0) is 12.1 Å². The van der Waals surface area contributed by atoms with Crippen LogP contribution in [0.25, 0.3) is 17.1 Å². The average Bonchev–Trinajstić information content (AvgIpc) is 2.97. The number of imidazole rings is 1. The third-order valence-corrected chi connectivity index (χ3v) is 2.32. The summed E-state index contributed by atoms with van der Waals surface area (Å²) in [6.07, 6.45) is 7.17. The highest BCUT2D eigenvalue weighted by atomic mass is 16.3. The monoisotopic (exact) mass is 213 g/mol. The molecule has 0 fully saturated rings. The van der Waals surface area contributed by atoms with Crippen LogP contribution in [0.2, 0.25) is 0 Å². The Hall–Kier alpha value is -2.43. The Morgan fingerprint density at radius 1 is 1.31 bits per heavy atom. The van der Waals surface area contributed by atoms with Crippen molar-refractivity contribution in [2.24, 2.45) is 0 Å². The minimum Gasteiger partial charge on any atom is -0.463 e. The van der Waals surface area contributed by atoms with Crippen LogP contribution in [0.3, 0.4) is 0 Å². The van der Waals surface area contributed by atoms with Crippen molar-refractivity contribution < 1.29 is 9.21 Å². The third kappa shape index (κ3) is 1.22. The van der Waals surface area contributed by atoms with Crippen LogP contribution in [-0.4, -0.2) is 20.7 Å². The molecule has 0 saturated carbocycles. The van der Waals surface area contributed by atoms with Gasteiger partial charge < -0.3 is 4.42 Å². The first-order valence-corrected chi connectivity index (χ1v) is 4.70. The van der Waals surface area contributed by atoms with E-state index >= 15 is 0 Å². The smallest absolute Gasteiger partial charge is 0.168 e. The number of rotatable bonds is 2. The summed E-state index contributed by atoms with van der Waals surface area (Å²) in [5.74, 6) is 0.660. The minimum absolute atomic E-state index is 0.491. The molecular weight excluding hydrogens is 206 g/mol. The maximum atomic E-state index is 10.8. The van der Waals surface area contributed by atoms with E-state index in [4.69, 9.17) is 4.42 Å². The van der Waals surface area contributed by atoms with Gasteiger partial charge in [0.2, 0.25) is 0 Å². The highest BCUT2D eigenvalue weighted by Gasteiger charge is 2.06. The summed E-state index contributed by atoms with van der Waals surface area (Å²) in [6, 6.07) is 3.60. The van der Waals surface area contributed by atoms with E-state index in [-0.39, 0.29) is 0 Å². The zero-order valence-corrected chi connectivity index (χ0v) is 8.20. The Kier molecular flexibility index (Phi) is 1.83. The lowest BCUT2D eigenvalue weighted by molar-refractivity contribution is 0.111. The average molecular weight is 213 g/mol. The molecule has 0 radical (unpaired) electrons. The number of hydrogen-bond acceptors (Lipinski definition) is 4. The Morgan fingerprint density at radius 3 is 3.00 bits per heavy atom. The summed E-state index contributed by atoms with van der Waals surface area (Å²) < 4.78 is 6.91. The van der Waals surface area contributed by atoms with E-state index < -0.39 is 0 Å². The first-order chi connectivity index (χ1) is 7.88. The van der Waals surface area contributed by atoms with Gasteiger partial charge >= 0.3 is 0 Å². The van der Waals surface area contributed by atoms with Crippen molar-refractivity contribution in [3.05, 3.63) is 42.7 Å². The number of carbonyl (C=O) groups excluding carboxylic acids is 1. The summed E-state index contributed by atoms with van der Waals surface area (Å²) in [4.78, 5) is 19.0. The molecule has 0 bridgehead atoms. The summed E-state index contributed by atoms with van der Waals surface area (Å²) in [5, 5.41) is 0. The van der Waals surface area contributed by atoms with Crippen molar-refractivity contribution in [1.82, 2.24) is 14.4 Å². The van der Waals surface area contributed by atoms with Crippen molar-refractivity contribution in [2.75, 3.05) is 0 Å². The fraction of sp³-hybridized carbons (Fsp3) is 0. The van der Waals surface area contributed by atoms with Gasteiger partial charge in [0.15, 0.2) is 17.7 Å². The van der Waals surface area contributed by atoms with Crippen LogP contribution in [0, 0.1) is 0 Å². The zero-order chi connectivity index (χ0) is 11.0. The fourth-order valence-corrected chi connectivity index (χ4v) is 1.55. The van der Waals surface area contributed by atoms with Gasteiger partial charge in [-0.3, -0.25) is 9.20 Å². The zero-order valence-electron chi connectivity index (χ0n) is 8.20. The molecule has 5 heteroatoms. The number of furan rings is 1. The number of fused-ring (bicyclic) bond motifs is 1. The molecule has 0 unspecified atom stereocenters. The first-order valence-electron chi connectivity index (χ1n) is 4.70. The van der Waals surface area contributed by atoms with E-state index in [1.165, 1.54) is 6.20 Å². The van der Waals surface area contributed by atoms with E-state index in [1.807, 2.05) is 6.07 Å². The van der Waals surface area contributed by atoms with Crippen LogP contribution in [0.1, 0.15) is 10.5 Å². The van der Waals surface area contributed by atoms with Crippen molar-refractivity contribution in [1.29, 1.82) is 0 Å². The summed E-state index contributed by atoms with van der Waals surface area (Å²) >= 11 is 0. The Labute approximate surface area is 90.4 Å². The molecule has 3 aromatic rings. The second-order valence-electron chi connectivity index (χ2n) is 3.28. The van der Waals surface area contributed by atoms with Crippen LogP contribution in [0.4, 0.5) is 0 Å². The van der Waals surface area contributed by atoms with E-state index in [2.05, 4.69) is 9.97 Å². The van der Waals surface area contributed by atoms with E-state index in [1.54, 1.807) is 29.1 Å². The molecule has 0 aromatic carbocycles. The predicted molar refractivity (Wildman–Crippen MR) is 56.1 cm³/mol. The Balaban J connectivity index is 2.25. The molecule has 3 heterocycles. The van der Waals surface area contributed by atoms with Gasteiger partial charge in [0.1, 0.15) is 11.4 Å². The molecule has 16 heavy (non-hydrogen) atoms. The number of carbonyl (C=O) groups is 1. The lowest BCUT2D eigenvalue weighted by atomic mass is 10.3. The molecule has 0 amide bonds. The molecular formula is C11H7N3O2. The molecule has 78 valence electrons. The molecule has 0 aliphatic heterocycles. The van der Waals surface area contributed by atoms with Crippen molar-refractivity contribution in [3.8, 4) is 11.5 Å². The molecule has 0 aliphatic rings. The number of aldehydes is 1. The van der Waals surface area contributed by atoms with E-state index in [9.17, 15) is 4.79 Å². The molecule has 3 aromatic heterocycles. The van der Waals surface area contributed by atoms with E-state index in [0.717, 1.165) is 6.29 Å². The van der Waals surface area contributed by atoms with Gasteiger partial charge in [0.25, 0.3) is 0 Å². The first kappa shape index (κ1) is 8.84. The van der Waals surface area contributed by atoms with Gasteiger partial charge in [-0.1, -0.05) is 0 Å². The minimum atomic E-state index is 0.491. The van der Waals surface area contributed by atoms with E-state index in [0.29, 0.717) is 22.8 Å². The van der Waals surface area contributed by atoms with Gasteiger partial charge in [0, 0.05) is 6.20 Å². The maximum Gasteiger partial charge on any atom is 0.168 e. The molecule has 5 nitrogen and oxygen atoms in total. The highest BCUT2D eigenvalue weighted by molar-refractivity contribution is 5.74. The summed E-state index contributed by atoms with van der Waals surface area (Å²) in [7, 11) is 0. The normalized spacial score (nSPS) is 10.8. The second kappa shape index (κ2) is 3.30. The number of hydrogen-bond donors (Lipinski definition) is 0. The van der Waals surface area contributed by atoms with Gasteiger partial charge in [-0.15, -0.1) is 0 Å². The predicted octanol–water partition coefficient (Wildman–Crippen LogP) is 1.80. The molecule has 3 rings (SSSR count). The maximum absolute atomic E-state index is 10.8. The standard InChI is InChI=1S/C11H7N3O2/c15-7-8-4-13-11-5-12-9(6-14(8)11)10-2-1-3-16-10/h1-7H. The highest BCUT2D eigenvalue weighted by Crippen LogP contribution is 2.17. The van der Waals surface area contributed by atoms with Crippen LogP contribution < -0.4 is 0 Å². The lowest BCUT2D eigenvalue weighted by Crippen LogP contribution is -1.93. The largest absolute Gasteiger partial charge is 0.463 e. The second-order valence-corrected chi connectivity index (χ2v) is 3.28. The number of nitrogens with zero attached hydrogens (tertiary/aromatic N) is 3. The Bertz CT molecular complexity index is 640. The molecule has 0 atom stereocenters. The summed E-state index contributed by atoms with van der Waals surface area (Å²) in [6.45, 7) is 0. The van der Waals surface area contributed by atoms with Crippen LogP contribution in [0.15, 0.2) is 41.4 Å². The summed E-state index contributed by atoms with van der Waals surface area (Å²) in [5.41, 5.74) is 1.79. The van der Waals surface area contributed by atoms with Crippen LogP contribution in [0.5, 0.6) is 0 Å². The van der Waals surface area contributed by atoms with Crippen molar-refractivity contribution in [3.63, 3.8) is 0 Å². The van der Waals surface area contributed by atoms with Crippen LogP contribution >= 0.6 is 0 Å². The lowest BCUT2D eigenvalue weighted by Gasteiger charge is -1.98. The molecule has 0 saturated heterocycles. The van der Waals surface area contributed by atoms with Crippen LogP contribution in [-0.2, 0) is 0 Å². The molecule has 0 N–H and O–H groups in total. The third-order valence-electron chi connectivity index (χ3n) is 2.32. The van der Waals surface area contributed by atoms with Crippen molar-refractivity contribution in [2.45, 2.75) is 0 Å². The quantitative estimate of drug-likeness (QED) is 0.609. The number of aromatic nitrogens is 3. The van der Waals surface area contributed by atoms with Crippen molar-refractivity contribution >= 4 is 11.9 Å². The molecule has 0 aliphatic carbocycles. The Morgan fingerprint density at radius 2 is 2.25 bits per heavy atom. The van der Waals surface area contributed by atoms with Gasteiger partial charge in [0.05, 0.1) is 18.7 Å². The fourth-order valence-electron chi connectivity index (χ4n) is 1.55. The SMILES string of the molecule is O=Cc1cnc2cnc(-c3ccco3)cn12. The van der Waals surface area contributed by atoms with Gasteiger partial charge in [-0.25, -0.2) is 9.97 Å². The topological polar surface area (TPSA) is 60.4 Å².